The lowest BCUT2D eigenvalue weighted by molar-refractivity contribution is -0.129. The molecule has 2 fully saturated rings. The summed E-state index contributed by atoms with van der Waals surface area (Å²) in [6.45, 7) is 1.19. The van der Waals surface area contributed by atoms with E-state index in [1.54, 1.807) is 11.0 Å². The SMILES string of the molecule is CN1C[C@H]2N(C(=O)c3ccno3)CC[C@]2(c2ccccc2)CCC1=O. The highest BCUT2D eigenvalue weighted by molar-refractivity contribution is 5.92. The summed E-state index contributed by atoms with van der Waals surface area (Å²) in [5.41, 5.74) is 1.01. The van der Waals surface area contributed by atoms with Crippen molar-refractivity contribution in [3.05, 3.63) is 53.9 Å². The molecule has 2 saturated heterocycles. The van der Waals surface area contributed by atoms with E-state index in [9.17, 15) is 9.59 Å². The molecule has 2 aromatic rings. The second kappa shape index (κ2) is 6.02. The number of rotatable bonds is 2. The van der Waals surface area contributed by atoms with Gasteiger partial charge in [0.05, 0.1) is 12.2 Å². The minimum atomic E-state index is -0.197. The van der Waals surface area contributed by atoms with Crippen LogP contribution in [-0.4, -0.2) is 52.9 Å². The van der Waals surface area contributed by atoms with E-state index in [1.807, 2.05) is 30.1 Å². The second-order valence-electron chi connectivity index (χ2n) is 6.94. The summed E-state index contributed by atoms with van der Waals surface area (Å²) in [5.74, 6) is 0.238. The van der Waals surface area contributed by atoms with E-state index in [1.165, 1.54) is 11.8 Å². The molecular formula is C19H21N3O3. The number of hydrogen-bond donors (Lipinski definition) is 0. The summed E-state index contributed by atoms with van der Waals surface area (Å²) < 4.78 is 5.08. The van der Waals surface area contributed by atoms with Crippen LogP contribution >= 0.6 is 0 Å². The average molecular weight is 339 g/mol. The van der Waals surface area contributed by atoms with Gasteiger partial charge in [-0.05, 0) is 18.4 Å². The predicted octanol–water partition coefficient (Wildman–Crippen LogP) is 2.08. The summed E-state index contributed by atoms with van der Waals surface area (Å²) in [6.07, 6.45) is 3.59. The largest absolute Gasteiger partial charge is 0.351 e. The third kappa shape index (κ3) is 2.52. The van der Waals surface area contributed by atoms with E-state index in [0.29, 0.717) is 19.5 Å². The van der Waals surface area contributed by atoms with Crippen molar-refractivity contribution < 1.29 is 14.1 Å². The Morgan fingerprint density at radius 2 is 2.04 bits per heavy atom. The molecule has 2 aliphatic heterocycles. The minimum absolute atomic E-state index is 0.0658. The third-order valence-electron chi connectivity index (χ3n) is 5.73. The Bertz CT molecular complexity index is 774. The molecule has 0 saturated carbocycles. The fraction of sp³-hybridized carbons (Fsp3) is 0.421. The molecule has 6 heteroatoms. The summed E-state index contributed by atoms with van der Waals surface area (Å²) in [7, 11) is 1.82. The molecule has 1 aromatic heterocycles. The lowest BCUT2D eigenvalue weighted by atomic mass is 9.71. The standard InChI is InChI=1S/C19H21N3O3/c1-21-13-16-19(9-7-17(21)23,14-5-3-2-4-6-14)10-12-22(16)18(24)15-8-11-20-25-15/h2-6,8,11,16H,7,9-10,12-13H2,1H3/t16-,19+/m1/s1. The molecule has 0 N–H and O–H groups in total. The van der Waals surface area contributed by atoms with Gasteiger partial charge in [-0.25, -0.2) is 0 Å². The molecule has 2 amide bonds. The van der Waals surface area contributed by atoms with Gasteiger partial charge in [0.1, 0.15) is 0 Å². The molecule has 3 heterocycles. The lowest BCUT2D eigenvalue weighted by Gasteiger charge is -2.37. The van der Waals surface area contributed by atoms with Gasteiger partial charge in [0.2, 0.25) is 11.7 Å². The van der Waals surface area contributed by atoms with Gasteiger partial charge >= 0.3 is 0 Å². The van der Waals surface area contributed by atoms with E-state index in [0.717, 1.165) is 12.8 Å². The first-order valence-corrected chi connectivity index (χ1v) is 8.63. The Hall–Kier alpha value is -2.63. The molecule has 25 heavy (non-hydrogen) atoms. The predicted molar refractivity (Wildman–Crippen MR) is 90.9 cm³/mol. The van der Waals surface area contributed by atoms with Gasteiger partial charge in [0.25, 0.3) is 5.91 Å². The molecule has 0 unspecified atom stereocenters. The van der Waals surface area contributed by atoms with Gasteiger partial charge in [-0.2, -0.15) is 0 Å². The average Bonchev–Trinajstić information content (AvgIpc) is 3.27. The maximum absolute atomic E-state index is 12.9. The normalized spacial score (nSPS) is 26.4. The Morgan fingerprint density at radius 1 is 1.24 bits per heavy atom. The number of carbonyl (C=O) groups excluding carboxylic acids is 2. The number of likely N-dealkylation sites (N-methyl/N-ethyl adjacent to an activating group) is 1. The number of benzene rings is 1. The van der Waals surface area contributed by atoms with Gasteiger partial charge in [-0.15, -0.1) is 0 Å². The zero-order valence-corrected chi connectivity index (χ0v) is 14.2. The van der Waals surface area contributed by atoms with Crippen LogP contribution in [0.2, 0.25) is 0 Å². The Kier molecular flexibility index (Phi) is 3.82. The van der Waals surface area contributed by atoms with E-state index < -0.39 is 0 Å². The Morgan fingerprint density at radius 3 is 2.76 bits per heavy atom. The number of amides is 2. The quantitative estimate of drug-likeness (QED) is 0.840. The van der Waals surface area contributed by atoms with Gasteiger partial charge in [0, 0.05) is 38.0 Å². The second-order valence-corrected chi connectivity index (χ2v) is 6.94. The lowest BCUT2D eigenvalue weighted by Crippen LogP contribution is -2.49. The number of carbonyl (C=O) groups is 2. The molecular weight excluding hydrogens is 318 g/mol. The smallest absolute Gasteiger partial charge is 0.292 e. The molecule has 130 valence electrons. The first-order chi connectivity index (χ1) is 12.1. The van der Waals surface area contributed by atoms with Gasteiger partial charge < -0.3 is 14.3 Å². The maximum Gasteiger partial charge on any atom is 0.292 e. The highest BCUT2D eigenvalue weighted by Gasteiger charge is 2.52. The highest BCUT2D eigenvalue weighted by atomic mass is 16.5. The molecule has 0 radical (unpaired) electrons. The van der Waals surface area contributed by atoms with Gasteiger partial charge in [-0.1, -0.05) is 35.5 Å². The van der Waals surface area contributed by atoms with Crippen LogP contribution in [0, 0.1) is 0 Å². The molecule has 2 aliphatic rings. The van der Waals surface area contributed by atoms with Crippen molar-refractivity contribution in [3.63, 3.8) is 0 Å². The van der Waals surface area contributed by atoms with Crippen LogP contribution in [0.25, 0.3) is 0 Å². The van der Waals surface area contributed by atoms with E-state index in [2.05, 4.69) is 17.3 Å². The number of likely N-dealkylation sites (tertiary alicyclic amines) is 2. The highest BCUT2D eigenvalue weighted by Crippen LogP contribution is 2.46. The van der Waals surface area contributed by atoms with Crippen LogP contribution in [0.5, 0.6) is 0 Å². The van der Waals surface area contributed by atoms with Crippen LogP contribution in [0.15, 0.2) is 47.1 Å². The zero-order chi connectivity index (χ0) is 17.4. The summed E-state index contributed by atoms with van der Waals surface area (Å²) in [4.78, 5) is 28.9. The van der Waals surface area contributed by atoms with Crippen LogP contribution in [0.3, 0.4) is 0 Å². The molecule has 0 aliphatic carbocycles. The number of nitrogens with zero attached hydrogens (tertiary/aromatic N) is 3. The van der Waals surface area contributed by atoms with Crippen molar-refractivity contribution in [2.75, 3.05) is 20.1 Å². The third-order valence-corrected chi connectivity index (χ3v) is 5.73. The van der Waals surface area contributed by atoms with E-state index >= 15 is 0 Å². The number of hydrogen-bond acceptors (Lipinski definition) is 4. The van der Waals surface area contributed by atoms with Gasteiger partial charge in [0.15, 0.2) is 0 Å². The molecule has 1 aromatic carbocycles. The molecule has 0 spiro atoms. The van der Waals surface area contributed by atoms with Crippen LogP contribution in [0.1, 0.15) is 35.4 Å². The monoisotopic (exact) mass is 339 g/mol. The fourth-order valence-electron chi connectivity index (χ4n) is 4.35. The maximum atomic E-state index is 12.9. The molecule has 6 nitrogen and oxygen atoms in total. The summed E-state index contributed by atoms with van der Waals surface area (Å²) >= 11 is 0. The first kappa shape index (κ1) is 15.9. The van der Waals surface area contributed by atoms with Crippen molar-refractivity contribution in [2.24, 2.45) is 0 Å². The van der Waals surface area contributed by atoms with Crippen molar-refractivity contribution in [2.45, 2.75) is 30.7 Å². The van der Waals surface area contributed by atoms with Crippen molar-refractivity contribution in [1.82, 2.24) is 15.0 Å². The molecule has 2 atom stereocenters. The number of fused-ring (bicyclic) bond motifs is 1. The van der Waals surface area contributed by atoms with Crippen LogP contribution in [0.4, 0.5) is 0 Å². The summed E-state index contributed by atoms with van der Waals surface area (Å²) in [6, 6.07) is 11.8. The van der Waals surface area contributed by atoms with Crippen molar-refractivity contribution in [1.29, 1.82) is 0 Å². The van der Waals surface area contributed by atoms with Gasteiger partial charge in [-0.3, -0.25) is 9.59 Å². The minimum Gasteiger partial charge on any atom is -0.351 e. The molecule has 4 rings (SSSR count). The van der Waals surface area contributed by atoms with Crippen molar-refractivity contribution >= 4 is 11.8 Å². The molecule has 0 bridgehead atoms. The first-order valence-electron chi connectivity index (χ1n) is 8.63. The van der Waals surface area contributed by atoms with E-state index in [4.69, 9.17) is 4.52 Å². The zero-order valence-electron chi connectivity index (χ0n) is 14.2. The Labute approximate surface area is 146 Å². The van der Waals surface area contributed by atoms with E-state index in [-0.39, 0.29) is 29.0 Å². The van der Waals surface area contributed by atoms with Crippen LogP contribution < -0.4 is 0 Å². The van der Waals surface area contributed by atoms with Crippen LogP contribution in [-0.2, 0) is 10.2 Å². The topological polar surface area (TPSA) is 66.7 Å². The van der Waals surface area contributed by atoms with Crippen molar-refractivity contribution in [3.8, 4) is 0 Å². The fourth-order valence-corrected chi connectivity index (χ4v) is 4.35. The number of aromatic nitrogens is 1. The summed E-state index contributed by atoms with van der Waals surface area (Å²) in [5, 5.41) is 3.65. The Balaban J connectivity index is 1.76.